The number of ether oxygens (including phenoxy) is 1. The number of hydrogen-bond donors (Lipinski definition) is 1. The lowest BCUT2D eigenvalue weighted by Crippen LogP contribution is -2.05. The maximum atomic E-state index is 13.8. The first-order valence-electron chi connectivity index (χ1n) is 6.13. The van der Waals surface area contributed by atoms with Crippen LogP contribution in [0.25, 0.3) is 11.1 Å². The Kier molecular flexibility index (Phi) is 3.74. The van der Waals surface area contributed by atoms with Crippen LogP contribution in [0.15, 0.2) is 30.3 Å². The van der Waals surface area contributed by atoms with Gasteiger partial charge >= 0.3 is 5.97 Å². The van der Waals surface area contributed by atoms with Crippen molar-refractivity contribution < 1.29 is 19.0 Å². The van der Waals surface area contributed by atoms with Gasteiger partial charge in [-0.2, -0.15) is 0 Å². The maximum absolute atomic E-state index is 13.8. The molecular formula is C16H15FO3. The third-order valence-corrected chi connectivity index (χ3v) is 3.16. The van der Waals surface area contributed by atoms with E-state index in [0.29, 0.717) is 16.9 Å². The van der Waals surface area contributed by atoms with Crippen molar-refractivity contribution in [3.63, 3.8) is 0 Å². The molecule has 0 heterocycles. The number of aromatic carboxylic acids is 1. The van der Waals surface area contributed by atoms with Gasteiger partial charge in [0.15, 0.2) is 0 Å². The lowest BCUT2D eigenvalue weighted by atomic mass is 9.93. The highest BCUT2D eigenvalue weighted by Crippen LogP contribution is 2.37. The van der Waals surface area contributed by atoms with Crippen LogP contribution < -0.4 is 4.74 Å². The molecule has 0 aliphatic carbocycles. The van der Waals surface area contributed by atoms with Crippen molar-refractivity contribution in [1.29, 1.82) is 0 Å². The number of methoxy groups -OCH3 is 1. The van der Waals surface area contributed by atoms with Crippen LogP contribution in [0.4, 0.5) is 4.39 Å². The molecule has 0 saturated carbocycles. The SMILES string of the molecule is COc1cc(C)cc(C)c1-c1cccc(F)c1C(=O)O. The Morgan fingerprint density at radius 2 is 1.95 bits per heavy atom. The van der Waals surface area contributed by atoms with Crippen molar-refractivity contribution in [2.45, 2.75) is 13.8 Å². The van der Waals surface area contributed by atoms with Crippen molar-refractivity contribution >= 4 is 5.97 Å². The molecule has 0 saturated heterocycles. The van der Waals surface area contributed by atoms with Crippen LogP contribution in [0.3, 0.4) is 0 Å². The number of carbonyl (C=O) groups is 1. The van der Waals surface area contributed by atoms with Gasteiger partial charge in [-0.05, 0) is 37.1 Å². The Hall–Kier alpha value is -2.36. The summed E-state index contributed by atoms with van der Waals surface area (Å²) in [4.78, 5) is 11.3. The van der Waals surface area contributed by atoms with Crippen LogP contribution in [0.5, 0.6) is 5.75 Å². The summed E-state index contributed by atoms with van der Waals surface area (Å²) in [5.74, 6) is -1.51. The highest BCUT2D eigenvalue weighted by molar-refractivity contribution is 5.97. The van der Waals surface area contributed by atoms with E-state index in [1.54, 1.807) is 12.1 Å². The molecule has 1 N–H and O–H groups in total. The number of carboxylic acids is 1. The lowest BCUT2D eigenvalue weighted by Gasteiger charge is -2.15. The molecule has 0 fully saturated rings. The van der Waals surface area contributed by atoms with Crippen LogP contribution in [-0.4, -0.2) is 18.2 Å². The van der Waals surface area contributed by atoms with E-state index < -0.39 is 11.8 Å². The molecule has 0 aliphatic rings. The van der Waals surface area contributed by atoms with E-state index in [0.717, 1.165) is 17.2 Å². The van der Waals surface area contributed by atoms with Gasteiger partial charge in [-0.25, -0.2) is 9.18 Å². The third-order valence-electron chi connectivity index (χ3n) is 3.16. The summed E-state index contributed by atoms with van der Waals surface area (Å²) in [5, 5.41) is 9.24. The Morgan fingerprint density at radius 1 is 1.25 bits per heavy atom. The van der Waals surface area contributed by atoms with E-state index in [1.807, 2.05) is 19.9 Å². The molecule has 0 spiro atoms. The Labute approximate surface area is 116 Å². The van der Waals surface area contributed by atoms with Crippen LogP contribution in [0.1, 0.15) is 21.5 Å². The number of aryl methyl sites for hydroxylation is 2. The number of carboxylic acid groups (broad SMARTS) is 1. The number of hydrogen-bond acceptors (Lipinski definition) is 2. The minimum atomic E-state index is -1.29. The van der Waals surface area contributed by atoms with Gasteiger partial charge in [0.2, 0.25) is 0 Å². The second kappa shape index (κ2) is 5.33. The standard InChI is InChI=1S/C16H15FO3/c1-9-7-10(2)14(13(8-9)20-3)11-5-4-6-12(17)15(11)16(18)19/h4-8H,1-3H3,(H,18,19). The van der Waals surface area contributed by atoms with Crippen LogP contribution >= 0.6 is 0 Å². The van der Waals surface area contributed by atoms with E-state index in [1.165, 1.54) is 13.2 Å². The smallest absolute Gasteiger partial charge is 0.339 e. The number of benzene rings is 2. The molecule has 0 bridgehead atoms. The first kappa shape index (κ1) is 14.1. The van der Waals surface area contributed by atoms with Gasteiger partial charge < -0.3 is 9.84 Å². The van der Waals surface area contributed by atoms with E-state index in [2.05, 4.69) is 0 Å². The summed E-state index contributed by atoms with van der Waals surface area (Å²) >= 11 is 0. The van der Waals surface area contributed by atoms with Gasteiger partial charge in [-0.1, -0.05) is 18.2 Å². The zero-order valence-corrected chi connectivity index (χ0v) is 11.5. The molecule has 104 valence electrons. The normalized spacial score (nSPS) is 10.4. The molecule has 0 unspecified atom stereocenters. The minimum absolute atomic E-state index is 0.326. The van der Waals surface area contributed by atoms with Crippen molar-refractivity contribution in [1.82, 2.24) is 0 Å². The van der Waals surface area contributed by atoms with E-state index in [4.69, 9.17) is 4.74 Å². The lowest BCUT2D eigenvalue weighted by molar-refractivity contribution is 0.0693. The maximum Gasteiger partial charge on any atom is 0.339 e. The first-order chi connectivity index (χ1) is 9.45. The molecule has 0 aliphatic heterocycles. The van der Waals surface area contributed by atoms with Crippen molar-refractivity contribution in [3.8, 4) is 16.9 Å². The van der Waals surface area contributed by atoms with E-state index >= 15 is 0 Å². The van der Waals surface area contributed by atoms with E-state index in [9.17, 15) is 14.3 Å². The van der Waals surface area contributed by atoms with Crippen molar-refractivity contribution in [2.24, 2.45) is 0 Å². The average Bonchev–Trinajstić information content (AvgIpc) is 2.36. The second-order valence-corrected chi connectivity index (χ2v) is 4.63. The van der Waals surface area contributed by atoms with Gasteiger partial charge in [0, 0.05) is 11.1 Å². The summed E-state index contributed by atoms with van der Waals surface area (Å²) in [7, 11) is 1.51. The summed E-state index contributed by atoms with van der Waals surface area (Å²) in [6, 6.07) is 7.94. The first-order valence-corrected chi connectivity index (χ1v) is 6.13. The Morgan fingerprint density at radius 3 is 2.55 bits per heavy atom. The van der Waals surface area contributed by atoms with Crippen LogP contribution in [-0.2, 0) is 0 Å². The molecule has 4 heteroatoms. The molecule has 2 rings (SSSR count). The summed E-state index contributed by atoms with van der Waals surface area (Å²) in [6.07, 6.45) is 0. The van der Waals surface area contributed by atoms with E-state index in [-0.39, 0.29) is 5.56 Å². The third kappa shape index (κ3) is 2.37. The Balaban J connectivity index is 2.82. The molecule has 0 atom stereocenters. The largest absolute Gasteiger partial charge is 0.496 e. The predicted octanol–water partition coefficient (Wildman–Crippen LogP) is 3.82. The highest BCUT2D eigenvalue weighted by Gasteiger charge is 2.20. The topological polar surface area (TPSA) is 46.5 Å². The fourth-order valence-electron chi connectivity index (χ4n) is 2.38. The number of rotatable bonds is 3. The van der Waals surface area contributed by atoms with Crippen molar-refractivity contribution in [2.75, 3.05) is 7.11 Å². The van der Waals surface area contributed by atoms with Gasteiger partial charge in [-0.15, -0.1) is 0 Å². The number of halogens is 1. The van der Waals surface area contributed by atoms with Gasteiger partial charge in [-0.3, -0.25) is 0 Å². The summed E-state index contributed by atoms with van der Waals surface area (Å²) < 4.78 is 19.1. The molecule has 20 heavy (non-hydrogen) atoms. The zero-order valence-electron chi connectivity index (χ0n) is 11.5. The molecule has 0 aromatic heterocycles. The molecular weight excluding hydrogens is 259 g/mol. The highest BCUT2D eigenvalue weighted by atomic mass is 19.1. The molecule has 0 radical (unpaired) electrons. The van der Waals surface area contributed by atoms with Crippen LogP contribution in [0.2, 0.25) is 0 Å². The van der Waals surface area contributed by atoms with Gasteiger partial charge in [0.25, 0.3) is 0 Å². The second-order valence-electron chi connectivity index (χ2n) is 4.63. The quantitative estimate of drug-likeness (QED) is 0.925. The summed E-state index contributed by atoms with van der Waals surface area (Å²) in [6.45, 7) is 3.77. The van der Waals surface area contributed by atoms with Crippen molar-refractivity contribution in [3.05, 3.63) is 52.8 Å². The minimum Gasteiger partial charge on any atom is -0.496 e. The van der Waals surface area contributed by atoms with Gasteiger partial charge in [0.1, 0.15) is 17.1 Å². The predicted molar refractivity (Wildman–Crippen MR) is 74.8 cm³/mol. The fraction of sp³-hybridized carbons (Fsp3) is 0.188. The molecule has 2 aromatic rings. The fourth-order valence-corrected chi connectivity index (χ4v) is 2.38. The van der Waals surface area contributed by atoms with Gasteiger partial charge in [0.05, 0.1) is 7.11 Å². The Bertz CT molecular complexity index is 678. The molecule has 0 amide bonds. The molecule has 2 aromatic carbocycles. The average molecular weight is 274 g/mol. The zero-order chi connectivity index (χ0) is 14.9. The molecule has 3 nitrogen and oxygen atoms in total. The monoisotopic (exact) mass is 274 g/mol. The van der Waals surface area contributed by atoms with Crippen LogP contribution in [0, 0.1) is 19.7 Å². The summed E-state index contributed by atoms with van der Waals surface area (Å²) in [5.41, 5.74) is 2.44.